The summed E-state index contributed by atoms with van der Waals surface area (Å²) in [5, 5.41) is 10.3. The fourth-order valence-electron chi connectivity index (χ4n) is 4.79. The van der Waals surface area contributed by atoms with E-state index in [0.717, 1.165) is 54.9 Å². The Kier molecular flexibility index (Phi) is 8.22. The van der Waals surface area contributed by atoms with Crippen LogP contribution in [-0.4, -0.2) is 36.7 Å². The molecule has 35 heavy (non-hydrogen) atoms. The molecule has 0 bridgehead atoms. The Morgan fingerprint density at radius 3 is 2.69 bits per heavy atom. The van der Waals surface area contributed by atoms with Crippen molar-refractivity contribution in [2.75, 3.05) is 24.6 Å². The van der Waals surface area contributed by atoms with Crippen LogP contribution in [0.5, 0.6) is 5.75 Å². The lowest BCUT2D eigenvalue weighted by Crippen LogP contribution is -2.42. The van der Waals surface area contributed by atoms with E-state index < -0.39 is 5.97 Å². The van der Waals surface area contributed by atoms with E-state index in [4.69, 9.17) is 21.1 Å². The zero-order chi connectivity index (χ0) is 24.9. The third-order valence-electron chi connectivity index (χ3n) is 6.95. The minimum Gasteiger partial charge on any atom is -0.487 e. The molecular weight excluding hydrogens is 466 g/mol. The summed E-state index contributed by atoms with van der Waals surface area (Å²) < 4.78 is 11.8. The van der Waals surface area contributed by atoms with Crippen molar-refractivity contribution < 1.29 is 24.2 Å². The summed E-state index contributed by atoms with van der Waals surface area (Å²) in [6.07, 6.45) is 4.41. The summed E-state index contributed by atoms with van der Waals surface area (Å²) in [7, 11) is 0. The molecule has 0 radical (unpaired) electrons. The van der Waals surface area contributed by atoms with Crippen molar-refractivity contribution in [2.45, 2.75) is 52.6 Å². The van der Waals surface area contributed by atoms with Gasteiger partial charge in [0.05, 0.1) is 23.8 Å². The summed E-state index contributed by atoms with van der Waals surface area (Å²) in [4.78, 5) is 26.6. The number of aliphatic carboxylic acids is 1. The fourth-order valence-corrected chi connectivity index (χ4v) is 4.98. The monoisotopic (exact) mass is 499 g/mol. The van der Waals surface area contributed by atoms with Gasteiger partial charge in [0.1, 0.15) is 12.4 Å². The molecule has 0 spiro atoms. The zero-order valence-corrected chi connectivity index (χ0v) is 21.2. The van der Waals surface area contributed by atoms with Crippen LogP contribution in [0.1, 0.15) is 61.0 Å². The number of ether oxygens (including phenoxy) is 2. The molecule has 188 valence electrons. The number of fused-ring (bicyclic) bond motifs is 2. The first kappa shape index (κ1) is 25.4. The Balaban J connectivity index is 1.65. The van der Waals surface area contributed by atoms with Crippen LogP contribution in [0.15, 0.2) is 36.4 Å². The average molecular weight is 500 g/mol. The number of carbonyl (C=O) groups is 2. The summed E-state index contributed by atoms with van der Waals surface area (Å²) in [5.74, 6) is -0.392. The Morgan fingerprint density at radius 2 is 1.97 bits per heavy atom. The van der Waals surface area contributed by atoms with Gasteiger partial charge in [-0.2, -0.15) is 0 Å². The van der Waals surface area contributed by atoms with Gasteiger partial charge in [-0.1, -0.05) is 31.5 Å². The Hall–Kier alpha value is -2.73. The van der Waals surface area contributed by atoms with Crippen LogP contribution in [0.3, 0.4) is 0 Å². The van der Waals surface area contributed by atoms with Crippen LogP contribution in [0.4, 0.5) is 5.69 Å². The molecule has 1 aliphatic heterocycles. The maximum absolute atomic E-state index is 12.7. The Labute approximate surface area is 212 Å². The van der Waals surface area contributed by atoms with Crippen molar-refractivity contribution in [2.24, 2.45) is 17.8 Å². The molecule has 1 fully saturated rings. The summed E-state index contributed by atoms with van der Waals surface area (Å²) in [6, 6.07) is 11.3. The number of rotatable bonds is 6. The number of anilines is 1. The lowest BCUT2D eigenvalue weighted by atomic mass is 9.73. The van der Waals surface area contributed by atoms with Gasteiger partial charge in [0.15, 0.2) is 0 Å². The highest BCUT2D eigenvalue weighted by Crippen LogP contribution is 2.39. The van der Waals surface area contributed by atoms with Crippen LogP contribution in [0.2, 0.25) is 5.02 Å². The van der Waals surface area contributed by atoms with Crippen molar-refractivity contribution in [1.82, 2.24) is 0 Å². The quantitative estimate of drug-likeness (QED) is 0.492. The molecule has 7 heteroatoms. The van der Waals surface area contributed by atoms with E-state index >= 15 is 0 Å². The lowest BCUT2D eigenvalue weighted by Gasteiger charge is -2.38. The predicted molar refractivity (Wildman–Crippen MR) is 136 cm³/mol. The summed E-state index contributed by atoms with van der Waals surface area (Å²) >= 11 is 6.25. The number of benzene rings is 2. The van der Waals surface area contributed by atoms with Gasteiger partial charge in [-0.05, 0) is 85.4 Å². The first-order valence-corrected chi connectivity index (χ1v) is 12.9. The number of esters is 1. The molecule has 0 saturated heterocycles. The number of carbonyl (C=O) groups excluding carboxylic acids is 1. The second-order valence-corrected chi connectivity index (χ2v) is 10.5. The number of hydrogen-bond donors (Lipinski definition) is 1. The van der Waals surface area contributed by atoms with Gasteiger partial charge in [-0.15, -0.1) is 0 Å². The van der Waals surface area contributed by atoms with Gasteiger partial charge < -0.3 is 19.5 Å². The van der Waals surface area contributed by atoms with Gasteiger partial charge >= 0.3 is 11.9 Å². The topological polar surface area (TPSA) is 76.1 Å². The van der Waals surface area contributed by atoms with Crippen molar-refractivity contribution >= 4 is 29.2 Å². The predicted octanol–water partition coefficient (Wildman–Crippen LogP) is 5.99. The van der Waals surface area contributed by atoms with E-state index in [0.29, 0.717) is 31.1 Å². The van der Waals surface area contributed by atoms with E-state index in [1.165, 1.54) is 5.56 Å². The van der Waals surface area contributed by atoms with Crippen molar-refractivity contribution in [1.29, 1.82) is 0 Å². The SMILES string of the molecule is CC(C)COC(=O)c1ccc2c(c1)N(C[C@@H]1CC[C@H]1C(=O)O)CCCCc1cc(Cl)ccc1CO2. The average Bonchev–Trinajstić information content (AvgIpc) is 2.83. The van der Waals surface area contributed by atoms with Crippen molar-refractivity contribution in [3.8, 4) is 5.75 Å². The maximum atomic E-state index is 12.7. The highest BCUT2D eigenvalue weighted by molar-refractivity contribution is 6.30. The molecule has 1 saturated carbocycles. The maximum Gasteiger partial charge on any atom is 0.338 e. The first-order valence-electron chi connectivity index (χ1n) is 12.5. The number of aryl methyl sites for hydroxylation is 1. The molecule has 0 amide bonds. The van der Waals surface area contributed by atoms with Crippen LogP contribution < -0.4 is 9.64 Å². The molecule has 6 nitrogen and oxygen atoms in total. The molecular formula is C28H34ClNO5. The zero-order valence-electron chi connectivity index (χ0n) is 20.5. The van der Waals surface area contributed by atoms with Crippen LogP contribution >= 0.6 is 11.6 Å². The largest absolute Gasteiger partial charge is 0.487 e. The van der Waals surface area contributed by atoms with Crippen molar-refractivity contribution in [3.63, 3.8) is 0 Å². The second kappa shape index (κ2) is 11.3. The van der Waals surface area contributed by atoms with Gasteiger partial charge in [-0.3, -0.25) is 4.79 Å². The molecule has 2 aromatic rings. The van der Waals surface area contributed by atoms with E-state index in [2.05, 4.69) is 4.90 Å². The first-order chi connectivity index (χ1) is 16.8. The summed E-state index contributed by atoms with van der Waals surface area (Å²) in [5.41, 5.74) is 3.58. The molecule has 2 aromatic carbocycles. The number of carboxylic acids is 1. The minimum atomic E-state index is -0.728. The van der Waals surface area contributed by atoms with Crippen LogP contribution in [0, 0.1) is 17.8 Å². The molecule has 0 aromatic heterocycles. The van der Waals surface area contributed by atoms with E-state index in [9.17, 15) is 14.7 Å². The van der Waals surface area contributed by atoms with E-state index in [1.807, 2.05) is 44.2 Å². The fraction of sp³-hybridized carbons (Fsp3) is 0.500. The highest BCUT2D eigenvalue weighted by Gasteiger charge is 2.38. The molecule has 1 aliphatic carbocycles. The normalized spacial score (nSPS) is 20.1. The number of nitrogens with zero attached hydrogens (tertiary/aromatic N) is 1. The van der Waals surface area contributed by atoms with E-state index in [-0.39, 0.29) is 23.7 Å². The standard InChI is InChI=1S/C28H34ClNO5/c1-18(2)16-35-28(33)20-8-11-26-25(14-20)30(15-21-7-10-24(21)27(31)32)12-4-3-5-19-13-23(29)9-6-22(19)17-34-26/h6,8-9,11,13-14,18,21,24H,3-5,7,10,12,15-17H2,1-2H3,(H,31,32)/t21-,24+/m0/s1. The van der Waals surface area contributed by atoms with E-state index in [1.54, 1.807) is 6.07 Å². The third kappa shape index (κ3) is 6.29. The second-order valence-electron chi connectivity index (χ2n) is 10.1. The van der Waals surface area contributed by atoms with Crippen LogP contribution in [0.25, 0.3) is 0 Å². The Bertz CT molecular complexity index is 1070. The number of halogens is 1. The molecule has 4 rings (SSSR count). The molecule has 2 aliphatic rings. The number of hydrogen-bond acceptors (Lipinski definition) is 5. The molecule has 1 heterocycles. The van der Waals surface area contributed by atoms with Crippen LogP contribution in [-0.2, 0) is 22.6 Å². The summed E-state index contributed by atoms with van der Waals surface area (Å²) in [6.45, 7) is 6.13. The van der Waals surface area contributed by atoms with Gasteiger partial charge in [0.25, 0.3) is 0 Å². The highest BCUT2D eigenvalue weighted by atomic mass is 35.5. The smallest absolute Gasteiger partial charge is 0.338 e. The Morgan fingerprint density at radius 1 is 1.14 bits per heavy atom. The molecule has 1 N–H and O–H groups in total. The van der Waals surface area contributed by atoms with Crippen molar-refractivity contribution in [3.05, 3.63) is 58.1 Å². The third-order valence-corrected chi connectivity index (χ3v) is 7.18. The van der Waals surface area contributed by atoms with Gasteiger partial charge in [-0.25, -0.2) is 4.79 Å². The minimum absolute atomic E-state index is 0.0815. The van der Waals surface area contributed by atoms with Gasteiger partial charge in [0, 0.05) is 18.1 Å². The van der Waals surface area contributed by atoms with Gasteiger partial charge in [0.2, 0.25) is 0 Å². The lowest BCUT2D eigenvalue weighted by molar-refractivity contribution is -0.147. The number of carboxylic acid groups (broad SMARTS) is 1. The molecule has 2 atom stereocenters. The molecule has 0 unspecified atom stereocenters.